The van der Waals surface area contributed by atoms with E-state index >= 15 is 0 Å². The Hall–Kier alpha value is -2.25. The Balaban J connectivity index is 1.74. The Morgan fingerprint density at radius 1 is 1.24 bits per heavy atom. The molecule has 0 atom stereocenters. The minimum atomic E-state index is -0.174. The number of nitrogens with one attached hydrogen (secondary N) is 2. The van der Waals surface area contributed by atoms with Crippen LogP contribution in [0.1, 0.15) is 15.2 Å². The Bertz CT molecular complexity index is 752. The van der Waals surface area contributed by atoms with E-state index in [9.17, 15) is 4.79 Å². The van der Waals surface area contributed by atoms with Crippen molar-refractivity contribution in [3.8, 4) is 0 Å². The SMILES string of the molecule is Cc1cnc(NC(=O)c2cccc(Nc3nccs3)c2)s1. The van der Waals surface area contributed by atoms with Gasteiger partial charge in [0.05, 0.1) is 0 Å². The number of benzene rings is 1. The molecule has 2 N–H and O–H groups in total. The lowest BCUT2D eigenvalue weighted by Gasteiger charge is -2.06. The van der Waals surface area contributed by atoms with Crippen molar-refractivity contribution in [1.29, 1.82) is 0 Å². The first kappa shape index (κ1) is 13.7. The van der Waals surface area contributed by atoms with Crippen molar-refractivity contribution >= 4 is 44.5 Å². The van der Waals surface area contributed by atoms with Crippen LogP contribution in [0.2, 0.25) is 0 Å². The highest BCUT2D eigenvalue weighted by Gasteiger charge is 2.09. The molecule has 2 heterocycles. The summed E-state index contributed by atoms with van der Waals surface area (Å²) in [6.07, 6.45) is 3.47. The van der Waals surface area contributed by atoms with E-state index < -0.39 is 0 Å². The molecule has 0 aliphatic heterocycles. The van der Waals surface area contributed by atoms with Gasteiger partial charge in [-0.05, 0) is 25.1 Å². The molecule has 0 saturated heterocycles. The Morgan fingerprint density at radius 2 is 2.14 bits per heavy atom. The molecular formula is C14H12N4OS2. The molecule has 5 nitrogen and oxygen atoms in total. The van der Waals surface area contributed by atoms with Crippen LogP contribution >= 0.6 is 22.7 Å². The molecule has 3 aromatic rings. The van der Waals surface area contributed by atoms with Gasteiger partial charge in [0.2, 0.25) is 0 Å². The molecule has 1 amide bonds. The summed E-state index contributed by atoms with van der Waals surface area (Å²) < 4.78 is 0. The first-order valence-electron chi connectivity index (χ1n) is 6.21. The highest BCUT2D eigenvalue weighted by Crippen LogP contribution is 2.21. The molecule has 21 heavy (non-hydrogen) atoms. The number of aromatic nitrogens is 2. The first-order valence-corrected chi connectivity index (χ1v) is 7.91. The maximum Gasteiger partial charge on any atom is 0.257 e. The number of thiazole rings is 2. The highest BCUT2D eigenvalue weighted by atomic mass is 32.1. The van der Waals surface area contributed by atoms with Gasteiger partial charge in [-0.25, -0.2) is 9.97 Å². The second-order valence-corrected chi connectivity index (χ2v) is 6.40. The van der Waals surface area contributed by atoms with Gasteiger partial charge in [-0.3, -0.25) is 10.1 Å². The average molecular weight is 316 g/mol. The molecule has 0 unspecified atom stereocenters. The lowest BCUT2D eigenvalue weighted by Crippen LogP contribution is -2.11. The summed E-state index contributed by atoms with van der Waals surface area (Å²) in [5.41, 5.74) is 1.40. The van der Waals surface area contributed by atoms with Crippen molar-refractivity contribution in [1.82, 2.24) is 9.97 Å². The number of carbonyl (C=O) groups is 1. The van der Waals surface area contributed by atoms with E-state index in [0.717, 1.165) is 15.7 Å². The number of carbonyl (C=O) groups excluding carboxylic acids is 1. The first-order chi connectivity index (χ1) is 10.2. The lowest BCUT2D eigenvalue weighted by molar-refractivity contribution is 0.102. The fourth-order valence-electron chi connectivity index (χ4n) is 1.73. The fraction of sp³-hybridized carbons (Fsp3) is 0.0714. The van der Waals surface area contributed by atoms with Gasteiger partial charge in [-0.15, -0.1) is 22.7 Å². The van der Waals surface area contributed by atoms with Crippen LogP contribution in [0.25, 0.3) is 0 Å². The van der Waals surface area contributed by atoms with Crippen molar-refractivity contribution in [3.63, 3.8) is 0 Å². The van der Waals surface area contributed by atoms with Crippen molar-refractivity contribution in [2.24, 2.45) is 0 Å². The topological polar surface area (TPSA) is 66.9 Å². The van der Waals surface area contributed by atoms with Crippen LogP contribution in [0.5, 0.6) is 0 Å². The van der Waals surface area contributed by atoms with Gasteiger partial charge in [-0.1, -0.05) is 6.07 Å². The van der Waals surface area contributed by atoms with Gasteiger partial charge in [0.25, 0.3) is 5.91 Å². The second kappa shape index (κ2) is 6.02. The van der Waals surface area contributed by atoms with E-state index in [-0.39, 0.29) is 5.91 Å². The fourth-order valence-corrected chi connectivity index (χ4v) is 2.94. The summed E-state index contributed by atoms with van der Waals surface area (Å²) in [6.45, 7) is 1.95. The summed E-state index contributed by atoms with van der Waals surface area (Å²) in [7, 11) is 0. The summed E-state index contributed by atoms with van der Waals surface area (Å²) in [4.78, 5) is 21.5. The van der Waals surface area contributed by atoms with Crippen LogP contribution in [0.3, 0.4) is 0 Å². The van der Waals surface area contributed by atoms with E-state index in [1.54, 1.807) is 24.5 Å². The lowest BCUT2D eigenvalue weighted by atomic mass is 10.2. The third-order valence-corrected chi connectivity index (χ3v) is 4.17. The van der Waals surface area contributed by atoms with Crippen molar-refractivity contribution in [3.05, 3.63) is 52.5 Å². The van der Waals surface area contributed by atoms with E-state index in [2.05, 4.69) is 20.6 Å². The largest absolute Gasteiger partial charge is 0.332 e. The monoisotopic (exact) mass is 316 g/mol. The molecule has 106 valence electrons. The van der Waals surface area contributed by atoms with E-state index in [1.807, 2.05) is 24.4 Å². The molecule has 0 fully saturated rings. The third kappa shape index (κ3) is 3.45. The number of aryl methyl sites for hydroxylation is 1. The zero-order chi connectivity index (χ0) is 14.7. The molecule has 3 rings (SSSR count). The molecule has 0 aliphatic rings. The summed E-state index contributed by atoms with van der Waals surface area (Å²) in [5.74, 6) is -0.174. The Kier molecular flexibility index (Phi) is 3.94. The van der Waals surface area contributed by atoms with E-state index in [1.165, 1.54) is 22.7 Å². The highest BCUT2D eigenvalue weighted by molar-refractivity contribution is 7.15. The molecule has 0 aliphatic carbocycles. The average Bonchev–Trinajstić information content (AvgIpc) is 3.11. The van der Waals surface area contributed by atoms with Crippen LogP contribution in [0.4, 0.5) is 16.0 Å². The molecule has 7 heteroatoms. The molecular weight excluding hydrogens is 304 g/mol. The van der Waals surface area contributed by atoms with Crippen molar-refractivity contribution < 1.29 is 4.79 Å². The molecule has 0 saturated carbocycles. The van der Waals surface area contributed by atoms with Gasteiger partial charge < -0.3 is 5.32 Å². The van der Waals surface area contributed by atoms with Crippen LogP contribution in [-0.4, -0.2) is 15.9 Å². The minimum absolute atomic E-state index is 0.174. The standard InChI is InChI=1S/C14H12N4OS2/c1-9-8-16-14(21-9)18-12(19)10-3-2-4-11(7-10)17-13-15-5-6-20-13/h2-8H,1H3,(H,15,17)(H,16,18,19). The predicted octanol–water partition coefficient (Wildman–Crippen LogP) is 3.90. The molecule has 2 aromatic heterocycles. The van der Waals surface area contributed by atoms with Gasteiger partial charge in [0.15, 0.2) is 10.3 Å². The van der Waals surface area contributed by atoms with Crippen molar-refractivity contribution in [2.75, 3.05) is 10.6 Å². The zero-order valence-corrected chi connectivity index (χ0v) is 12.8. The normalized spacial score (nSPS) is 10.3. The quantitative estimate of drug-likeness (QED) is 0.766. The number of anilines is 3. The molecule has 0 spiro atoms. The predicted molar refractivity (Wildman–Crippen MR) is 86.6 cm³/mol. The smallest absolute Gasteiger partial charge is 0.257 e. The van der Waals surface area contributed by atoms with Gasteiger partial charge >= 0.3 is 0 Å². The minimum Gasteiger partial charge on any atom is -0.332 e. The van der Waals surface area contributed by atoms with Crippen LogP contribution in [0.15, 0.2) is 42.0 Å². The zero-order valence-electron chi connectivity index (χ0n) is 11.2. The Labute approximate surface area is 129 Å². The summed E-state index contributed by atoms with van der Waals surface area (Å²) in [6, 6.07) is 7.28. The third-order valence-electron chi connectivity index (χ3n) is 2.65. The van der Waals surface area contributed by atoms with Gasteiger partial charge in [0, 0.05) is 33.9 Å². The second-order valence-electron chi connectivity index (χ2n) is 4.27. The maximum absolute atomic E-state index is 12.2. The number of hydrogen-bond donors (Lipinski definition) is 2. The van der Waals surface area contributed by atoms with E-state index in [4.69, 9.17) is 0 Å². The number of hydrogen-bond acceptors (Lipinski definition) is 6. The molecule has 1 aromatic carbocycles. The number of rotatable bonds is 4. The maximum atomic E-state index is 12.2. The van der Waals surface area contributed by atoms with Gasteiger partial charge in [0.1, 0.15) is 0 Å². The van der Waals surface area contributed by atoms with Crippen molar-refractivity contribution in [2.45, 2.75) is 6.92 Å². The summed E-state index contributed by atoms with van der Waals surface area (Å²) >= 11 is 2.96. The summed E-state index contributed by atoms with van der Waals surface area (Å²) in [5, 5.41) is 9.25. The number of nitrogens with zero attached hydrogens (tertiary/aromatic N) is 2. The van der Waals surface area contributed by atoms with E-state index in [0.29, 0.717) is 10.7 Å². The Morgan fingerprint density at radius 3 is 2.86 bits per heavy atom. The van der Waals surface area contributed by atoms with Gasteiger partial charge in [-0.2, -0.15) is 0 Å². The molecule has 0 radical (unpaired) electrons. The van der Waals surface area contributed by atoms with Crippen LogP contribution < -0.4 is 10.6 Å². The number of amides is 1. The van der Waals surface area contributed by atoms with Crippen LogP contribution in [0, 0.1) is 6.92 Å². The molecule has 0 bridgehead atoms. The van der Waals surface area contributed by atoms with Crippen LogP contribution in [-0.2, 0) is 0 Å².